The number of nitrogens with one attached hydrogen (secondary N) is 1. The van der Waals surface area contributed by atoms with Gasteiger partial charge in [0.05, 0.1) is 39.9 Å². The van der Waals surface area contributed by atoms with Gasteiger partial charge in [0.2, 0.25) is 5.91 Å². The number of likely N-dealkylation sites (N-methyl/N-ethyl adjacent to an activating group) is 1. The number of aliphatic hydroxyl groups is 1. The van der Waals surface area contributed by atoms with E-state index in [1.165, 1.54) is 193 Å². The maximum absolute atomic E-state index is 12.9. The molecule has 0 saturated carbocycles. The van der Waals surface area contributed by atoms with Crippen molar-refractivity contribution in [2.24, 2.45) is 0 Å². The van der Waals surface area contributed by atoms with E-state index in [2.05, 4.69) is 31.3 Å². The number of rotatable bonds is 48. The lowest BCUT2D eigenvalue weighted by Crippen LogP contribution is -2.46. The zero-order chi connectivity index (χ0) is 44.3. The molecule has 0 aliphatic rings. The van der Waals surface area contributed by atoms with E-state index in [1.54, 1.807) is 0 Å². The Labute approximate surface area is 373 Å². The van der Waals surface area contributed by atoms with Gasteiger partial charge in [-0.25, -0.2) is 0 Å². The molecule has 1 amide bonds. The molecule has 0 saturated heterocycles. The fourth-order valence-corrected chi connectivity index (χ4v) is 8.58. The molecule has 9 heteroatoms. The summed E-state index contributed by atoms with van der Waals surface area (Å²) >= 11 is 0. The van der Waals surface area contributed by atoms with Gasteiger partial charge in [-0.2, -0.15) is 0 Å². The van der Waals surface area contributed by atoms with Crippen LogP contribution in [0.4, 0.5) is 0 Å². The Hall–Kier alpha value is -0.760. The summed E-state index contributed by atoms with van der Waals surface area (Å²) < 4.78 is 23.3. The van der Waals surface area contributed by atoms with Crippen molar-refractivity contribution in [3.8, 4) is 0 Å². The highest BCUT2D eigenvalue weighted by molar-refractivity contribution is 7.45. The first-order valence-corrected chi connectivity index (χ1v) is 27.5. The Balaban J connectivity index is 4.13. The van der Waals surface area contributed by atoms with Gasteiger partial charge in [-0.3, -0.25) is 9.36 Å². The van der Waals surface area contributed by atoms with Gasteiger partial charge >= 0.3 is 0 Å². The number of allylic oxidation sites excluding steroid dienone is 2. The largest absolute Gasteiger partial charge is 0.756 e. The second kappa shape index (κ2) is 43.5. The normalized spacial score (nSPS) is 14.2. The van der Waals surface area contributed by atoms with Crippen LogP contribution in [0.5, 0.6) is 0 Å². The summed E-state index contributed by atoms with van der Waals surface area (Å²) in [6, 6.07) is -0.796. The van der Waals surface area contributed by atoms with Crippen molar-refractivity contribution in [2.75, 3.05) is 40.9 Å². The molecule has 2 N–H and O–H groups in total. The fraction of sp³-hybridized carbons (Fsp3) is 0.941. The van der Waals surface area contributed by atoms with Gasteiger partial charge in [-0.05, 0) is 38.5 Å². The molecule has 0 aromatic heterocycles. The molecule has 0 fully saturated rings. The second-order valence-electron chi connectivity index (χ2n) is 19.2. The molecule has 0 heterocycles. The first-order chi connectivity index (χ1) is 29.0. The van der Waals surface area contributed by atoms with Crippen LogP contribution >= 0.6 is 7.82 Å². The van der Waals surface area contributed by atoms with Crippen LogP contribution in [0.1, 0.15) is 258 Å². The number of quaternary nitrogens is 1. The average Bonchev–Trinajstić information content (AvgIpc) is 3.20. The molecule has 358 valence electrons. The number of amides is 1. The minimum atomic E-state index is -4.56. The Bertz CT molecular complexity index is 989. The van der Waals surface area contributed by atoms with Gasteiger partial charge in [0.1, 0.15) is 13.2 Å². The number of hydrogen-bond acceptors (Lipinski definition) is 6. The zero-order valence-electron chi connectivity index (χ0n) is 40.7. The van der Waals surface area contributed by atoms with E-state index in [1.807, 2.05) is 21.1 Å². The number of aliphatic hydroxyl groups excluding tert-OH is 1. The number of phosphoric acid groups is 1. The number of hydrogen-bond donors (Lipinski definition) is 2. The summed E-state index contributed by atoms with van der Waals surface area (Å²) in [5, 5.41) is 13.9. The van der Waals surface area contributed by atoms with Crippen LogP contribution in [0.15, 0.2) is 12.2 Å². The standard InChI is InChI=1S/C51H103N2O6P/c1-6-8-10-12-14-16-18-20-21-22-23-24-25-26-27-28-29-30-31-33-35-37-39-41-43-45-51(55)52-49(48-59-60(56,57)58-47-46-53(3,4)5)50(54)44-42-40-38-36-34-32-19-17-15-13-11-9-7-2/h22-23,49-50,54H,6-21,24-48H2,1-5H3,(H-,52,55,56,57)/b23-22-. The predicted molar refractivity (Wildman–Crippen MR) is 256 cm³/mol. The first kappa shape index (κ1) is 59.2. The molecule has 0 rings (SSSR count). The summed E-state index contributed by atoms with van der Waals surface area (Å²) in [6.07, 6.45) is 50.9. The van der Waals surface area contributed by atoms with Gasteiger partial charge in [0, 0.05) is 6.42 Å². The maximum atomic E-state index is 12.9. The van der Waals surface area contributed by atoms with E-state index >= 15 is 0 Å². The van der Waals surface area contributed by atoms with Gasteiger partial charge < -0.3 is 28.8 Å². The molecule has 0 aromatic carbocycles. The summed E-state index contributed by atoms with van der Waals surface area (Å²) in [4.78, 5) is 25.4. The highest BCUT2D eigenvalue weighted by Crippen LogP contribution is 2.38. The summed E-state index contributed by atoms with van der Waals surface area (Å²) in [7, 11) is 1.31. The van der Waals surface area contributed by atoms with Crippen LogP contribution in [-0.4, -0.2) is 68.5 Å². The smallest absolute Gasteiger partial charge is 0.268 e. The van der Waals surface area contributed by atoms with Gasteiger partial charge in [-0.1, -0.05) is 225 Å². The summed E-state index contributed by atoms with van der Waals surface area (Å²) in [5.41, 5.74) is 0. The average molecular weight is 871 g/mol. The topological polar surface area (TPSA) is 108 Å². The number of unbranched alkanes of at least 4 members (excludes halogenated alkanes) is 33. The van der Waals surface area contributed by atoms with Crippen LogP contribution < -0.4 is 10.2 Å². The molecular formula is C51H103N2O6P. The quantitative estimate of drug-likeness (QED) is 0.0273. The second-order valence-corrected chi connectivity index (χ2v) is 20.6. The van der Waals surface area contributed by atoms with Crippen LogP contribution in [0.2, 0.25) is 0 Å². The number of nitrogens with zero attached hydrogens (tertiary/aromatic N) is 1. The minimum Gasteiger partial charge on any atom is -0.756 e. The van der Waals surface area contributed by atoms with Gasteiger partial charge in [-0.15, -0.1) is 0 Å². The third-order valence-electron chi connectivity index (χ3n) is 12.0. The van der Waals surface area contributed by atoms with Crippen LogP contribution in [0.25, 0.3) is 0 Å². The van der Waals surface area contributed by atoms with Crippen molar-refractivity contribution < 1.29 is 32.9 Å². The van der Waals surface area contributed by atoms with Crippen molar-refractivity contribution in [2.45, 2.75) is 270 Å². The molecule has 3 unspecified atom stereocenters. The SMILES string of the molecule is CCCCCCCCCC/C=C\CCCCCCCCCCCCCCCC(=O)NC(COP(=O)([O-])OCC[N+](C)(C)C)C(O)CCCCCCCCCCCCCCC. The zero-order valence-corrected chi connectivity index (χ0v) is 41.6. The van der Waals surface area contributed by atoms with E-state index in [0.29, 0.717) is 23.9 Å². The lowest BCUT2D eigenvalue weighted by molar-refractivity contribution is -0.870. The Morgan fingerprint density at radius 1 is 0.567 bits per heavy atom. The number of phosphoric ester groups is 1. The Morgan fingerprint density at radius 2 is 0.917 bits per heavy atom. The third kappa shape index (κ3) is 45.3. The Kier molecular flexibility index (Phi) is 42.9. The van der Waals surface area contributed by atoms with Crippen LogP contribution in [0, 0.1) is 0 Å². The molecule has 0 bridgehead atoms. The fourth-order valence-electron chi connectivity index (χ4n) is 7.86. The molecule has 3 atom stereocenters. The third-order valence-corrected chi connectivity index (χ3v) is 13.0. The molecule has 0 aliphatic carbocycles. The van der Waals surface area contributed by atoms with Crippen molar-refractivity contribution >= 4 is 13.7 Å². The highest BCUT2D eigenvalue weighted by Gasteiger charge is 2.24. The maximum Gasteiger partial charge on any atom is 0.268 e. The molecule has 0 spiro atoms. The minimum absolute atomic E-state index is 0.0146. The predicted octanol–water partition coefficient (Wildman–Crippen LogP) is 14.5. The van der Waals surface area contributed by atoms with E-state index in [0.717, 1.165) is 38.5 Å². The van der Waals surface area contributed by atoms with Crippen LogP contribution in [0.3, 0.4) is 0 Å². The van der Waals surface area contributed by atoms with Gasteiger partial charge in [0.15, 0.2) is 0 Å². The van der Waals surface area contributed by atoms with Crippen molar-refractivity contribution in [1.82, 2.24) is 5.32 Å². The monoisotopic (exact) mass is 871 g/mol. The lowest BCUT2D eigenvalue weighted by Gasteiger charge is -2.30. The van der Waals surface area contributed by atoms with Crippen LogP contribution in [-0.2, 0) is 18.4 Å². The lowest BCUT2D eigenvalue weighted by atomic mass is 10.0. The van der Waals surface area contributed by atoms with Crippen molar-refractivity contribution in [3.63, 3.8) is 0 Å². The van der Waals surface area contributed by atoms with E-state index in [-0.39, 0.29) is 19.1 Å². The van der Waals surface area contributed by atoms with Crippen molar-refractivity contribution in [3.05, 3.63) is 12.2 Å². The molecule has 60 heavy (non-hydrogen) atoms. The van der Waals surface area contributed by atoms with Gasteiger partial charge in [0.25, 0.3) is 7.82 Å². The molecule has 0 radical (unpaired) electrons. The Morgan fingerprint density at radius 3 is 1.30 bits per heavy atom. The highest BCUT2D eigenvalue weighted by atomic mass is 31.2. The number of carbonyl (C=O) groups excluding carboxylic acids is 1. The molecule has 8 nitrogen and oxygen atoms in total. The van der Waals surface area contributed by atoms with Crippen molar-refractivity contribution in [1.29, 1.82) is 0 Å². The van der Waals surface area contributed by atoms with E-state index < -0.39 is 20.0 Å². The number of carbonyl (C=O) groups is 1. The molecule has 0 aromatic rings. The van der Waals surface area contributed by atoms with E-state index in [4.69, 9.17) is 9.05 Å². The molecular weight excluding hydrogens is 768 g/mol. The van der Waals surface area contributed by atoms with E-state index in [9.17, 15) is 19.4 Å². The molecule has 0 aliphatic heterocycles. The summed E-state index contributed by atoms with van der Waals surface area (Å²) in [5.74, 6) is -0.162. The first-order valence-electron chi connectivity index (χ1n) is 26.0. The summed E-state index contributed by atoms with van der Waals surface area (Å²) in [6.45, 7) is 4.74.